The van der Waals surface area contributed by atoms with Crippen LogP contribution < -0.4 is 5.32 Å². The third-order valence-corrected chi connectivity index (χ3v) is 6.46. The second kappa shape index (κ2) is 9.70. The summed E-state index contributed by atoms with van der Waals surface area (Å²) in [6, 6.07) is 10.6. The van der Waals surface area contributed by atoms with Crippen LogP contribution in [0.1, 0.15) is 54.9 Å². The number of fused-ring (bicyclic) bond motifs is 1. The zero-order valence-electron chi connectivity index (χ0n) is 17.5. The molecule has 3 rings (SSSR count). The highest BCUT2D eigenvalue weighted by molar-refractivity contribution is 7.10. The fourth-order valence-corrected chi connectivity index (χ4v) is 5.02. The van der Waals surface area contributed by atoms with Gasteiger partial charge in [0.1, 0.15) is 6.10 Å². The number of esters is 1. The van der Waals surface area contributed by atoms with Gasteiger partial charge < -0.3 is 15.2 Å². The van der Waals surface area contributed by atoms with Crippen molar-refractivity contribution in [2.75, 3.05) is 13.2 Å². The molecule has 1 aromatic heterocycles. The highest BCUT2D eigenvalue weighted by Gasteiger charge is 2.28. The summed E-state index contributed by atoms with van der Waals surface area (Å²) in [7, 11) is 0. The van der Waals surface area contributed by atoms with Gasteiger partial charge in [-0.25, -0.2) is 4.79 Å². The van der Waals surface area contributed by atoms with Crippen molar-refractivity contribution in [2.24, 2.45) is 5.92 Å². The minimum Gasteiger partial charge on any atom is -0.463 e. The molecule has 1 heterocycles. The van der Waals surface area contributed by atoms with Crippen LogP contribution in [0.3, 0.4) is 0 Å². The van der Waals surface area contributed by atoms with Crippen molar-refractivity contribution in [3.8, 4) is 0 Å². The maximum Gasteiger partial charge on any atom is 0.330 e. The summed E-state index contributed by atoms with van der Waals surface area (Å²) in [5, 5.41) is 16.2. The highest BCUT2D eigenvalue weighted by Crippen LogP contribution is 2.32. The van der Waals surface area contributed by atoms with Crippen LogP contribution in [0.25, 0.3) is 6.08 Å². The fraction of sp³-hybridized carbons (Fsp3) is 0.458. The lowest BCUT2D eigenvalue weighted by atomic mass is 9.88. The Morgan fingerprint density at radius 1 is 1.31 bits per heavy atom. The maximum atomic E-state index is 11.5. The Kier molecular flexibility index (Phi) is 7.28. The van der Waals surface area contributed by atoms with Crippen LogP contribution >= 0.6 is 11.3 Å². The standard InChI is InChI=1S/C24H31NO3S/c1-4-28-22(27)10-9-18-11-12-29-23(18)21(26)16-25-24(2,3)15-17-13-19-7-5-6-8-20(19)14-17/h5-12,17,21,25-26H,4,13-16H2,1-3H3/b10-9+. The number of rotatable bonds is 9. The molecule has 5 heteroatoms. The zero-order valence-corrected chi connectivity index (χ0v) is 18.3. The van der Waals surface area contributed by atoms with E-state index in [0.29, 0.717) is 19.1 Å². The van der Waals surface area contributed by atoms with Gasteiger partial charge in [0.2, 0.25) is 0 Å². The number of nitrogens with one attached hydrogen (secondary N) is 1. The Hall–Kier alpha value is -1.95. The van der Waals surface area contributed by atoms with Crippen LogP contribution in [-0.2, 0) is 22.4 Å². The third kappa shape index (κ3) is 6.01. The van der Waals surface area contributed by atoms with Crippen molar-refractivity contribution in [1.29, 1.82) is 0 Å². The summed E-state index contributed by atoms with van der Waals surface area (Å²) >= 11 is 1.50. The predicted octanol–water partition coefficient (Wildman–Crippen LogP) is 4.53. The van der Waals surface area contributed by atoms with E-state index < -0.39 is 6.10 Å². The summed E-state index contributed by atoms with van der Waals surface area (Å²) in [4.78, 5) is 12.4. The first-order valence-corrected chi connectivity index (χ1v) is 11.2. The van der Waals surface area contributed by atoms with Crippen LogP contribution in [0.15, 0.2) is 41.8 Å². The second-order valence-corrected chi connectivity index (χ2v) is 9.30. The van der Waals surface area contributed by atoms with Gasteiger partial charge in [0, 0.05) is 23.0 Å². The number of ether oxygens (including phenoxy) is 1. The lowest BCUT2D eigenvalue weighted by Crippen LogP contribution is -2.43. The van der Waals surface area contributed by atoms with Gasteiger partial charge in [0.25, 0.3) is 0 Å². The molecular weight excluding hydrogens is 382 g/mol. The molecule has 156 valence electrons. The summed E-state index contributed by atoms with van der Waals surface area (Å²) < 4.78 is 4.92. The number of carbonyl (C=O) groups excluding carboxylic acids is 1. The first kappa shape index (κ1) is 21.8. The minimum atomic E-state index is -0.614. The SMILES string of the molecule is CCOC(=O)/C=C/c1ccsc1C(O)CNC(C)(C)CC1Cc2ccccc2C1. The lowest BCUT2D eigenvalue weighted by Gasteiger charge is -2.30. The average Bonchev–Trinajstić information content (AvgIpc) is 3.30. The van der Waals surface area contributed by atoms with Crippen LogP contribution in [0.4, 0.5) is 0 Å². The van der Waals surface area contributed by atoms with E-state index in [4.69, 9.17) is 4.74 Å². The van der Waals surface area contributed by atoms with Gasteiger partial charge >= 0.3 is 5.97 Å². The molecule has 0 radical (unpaired) electrons. The van der Waals surface area contributed by atoms with Gasteiger partial charge in [-0.3, -0.25) is 0 Å². The van der Waals surface area contributed by atoms with Crippen molar-refractivity contribution >= 4 is 23.4 Å². The molecule has 0 spiro atoms. The number of carbonyl (C=O) groups is 1. The maximum absolute atomic E-state index is 11.5. The Labute approximate surface area is 177 Å². The van der Waals surface area contributed by atoms with Crippen molar-refractivity contribution in [1.82, 2.24) is 5.32 Å². The van der Waals surface area contributed by atoms with E-state index in [9.17, 15) is 9.90 Å². The largest absolute Gasteiger partial charge is 0.463 e. The summed E-state index contributed by atoms with van der Waals surface area (Å²) in [5.41, 5.74) is 3.75. The van der Waals surface area contributed by atoms with E-state index in [1.807, 2.05) is 11.4 Å². The number of β-amino-alcohol motifs (C(OH)–C–C–N with tert-alkyl or cyclic N) is 1. The molecule has 0 bridgehead atoms. The molecule has 0 saturated carbocycles. The molecule has 1 aliphatic rings. The molecule has 2 N–H and O–H groups in total. The van der Waals surface area contributed by atoms with Gasteiger partial charge in [-0.05, 0) is 80.2 Å². The zero-order chi connectivity index (χ0) is 20.9. The van der Waals surface area contributed by atoms with E-state index >= 15 is 0 Å². The monoisotopic (exact) mass is 413 g/mol. The highest BCUT2D eigenvalue weighted by atomic mass is 32.1. The number of thiophene rings is 1. The summed E-state index contributed by atoms with van der Waals surface area (Å²) in [5.74, 6) is 0.271. The Morgan fingerprint density at radius 3 is 2.66 bits per heavy atom. The molecule has 0 amide bonds. The van der Waals surface area contributed by atoms with E-state index in [1.54, 1.807) is 13.0 Å². The molecule has 0 saturated heterocycles. The first-order chi connectivity index (χ1) is 13.9. The fourth-order valence-electron chi connectivity index (χ4n) is 4.14. The minimum absolute atomic E-state index is 0.0636. The summed E-state index contributed by atoms with van der Waals surface area (Å²) in [6.07, 6.45) is 5.85. The van der Waals surface area contributed by atoms with Crippen molar-refractivity contribution in [2.45, 2.75) is 51.7 Å². The lowest BCUT2D eigenvalue weighted by molar-refractivity contribution is -0.137. The molecule has 0 aliphatic heterocycles. The second-order valence-electron chi connectivity index (χ2n) is 8.35. The van der Waals surface area contributed by atoms with E-state index in [0.717, 1.165) is 29.7 Å². The molecular formula is C24H31NO3S. The number of aliphatic hydroxyl groups is 1. The molecule has 1 aliphatic carbocycles. The van der Waals surface area contributed by atoms with Crippen LogP contribution in [0, 0.1) is 5.92 Å². The molecule has 1 aromatic carbocycles. The molecule has 1 atom stereocenters. The Balaban J connectivity index is 1.53. The van der Waals surface area contributed by atoms with Gasteiger partial charge in [0.05, 0.1) is 6.61 Å². The Bertz CT molecular complexity index is 830. The smallest absolute Gasteiger partial charge is 0.330 e. The van der Waals surface area contributed by atoms with E-state index in [2.05, 4.69) is 43.4 Å². The van der Waals surface area contributed by atoms with Crippen LogP contribution in [-0.4, -0.2) is 29.8 Å². The quantitative estimate of drug-likeness (QED) is 0.468. The predicted molar refractivity (Wildman–Crippen MR) is 119 cm³/mol. The van der Waals surface area contributed by atoms with Gasteiger partial charge in [-0.15, -0.1) is 11.3 Å². The van der Waals surface area contributed by atoms with Crippen molar-refractivity contribution in [3.05, 3.63) is 63.4 Å². The number of hydrogen-bond acceptors (Lipinski definition) is 5. The number of aliphatic hydroxyl groups excluding tert-OH is 1. The normalized spacial score (nSPS) is 15.6. The average molecular weight is 414 g/mol. The molecule has 0 fully saturated rings. The van der Waals surface area contributed by atoms with Gasteiger partial charge in [-0.1, -0.05) is 24.3 Å². The van der Waals surface area contributed by atoms with E-state index in [1.165, 1.54) is 28.5 Å². The topological polar surface area (TPSA) is 58.6 Å². The number of hydrogen-bond donors (Lipinski definition) is 2. The third-order valence-electron chi connectivity index (χ3n) is 5.42. The van der Waals surface area contributed by atoms with Crippen LogP contribution in [0.2, 0.25) is 0 Å². The molecule has 4 nitrogen and oxygen atoms in total. The van der Waals surface area contributed by atoms with E-state index in [-0.39, 0.29) is 11.5 Å². The molecule has 2 aromatic rings. The first-order valence-electron chi connectivity index (χ1n) is 10.3. The van der Waals surface area contributed by atoms with Crippen molar-refractivity contribution < 1.29 is 14.6 Å². The molecule has 1 unspecified atom stereocenters. The van der Waals surface area contributed by atoms with Gasteiger partial charge in [0.15, 0.2) is 0 Å². The molecule has 29 heavy (non-hydrogen) atoms. The Morgan fingerprint density at radius 2 is 2.00 bits per heavy atom. The number of benzene rings is 1. The van der Waals surface area contributed by atoms with Crippen molar-refractivity contribution in [3.63, 3.8) is 0 Å². The van der Waals surface area contributed by atoms with Gasteiger partial charge in [-0.2, -0.15) is 0 Å². The van der Waals surface area contributed by atoms with Crippen LogP contribution in [0.5, 0.6) is 0 Å². The summed E-state index contributed by atoms with van der Waals surface area (Å²) in [6.45, 7) is 7.03.